The quantitative estimate of drug-likeness (QED) is 0.126. The molecule has 2 aromatic heterocycles. The molecule has 0 atom stereocenters. The largest absolute Gasteiger partial charge is 0.493 e. The first-order chi connectivity index (χ1) is 21.1. The molecular formula is C35H24IN3O4. The van der Waals surface area contributed by atoms with Gasteiger partial charge in [0, 0.05) is 5.39 Å². The molecule has 7 nitrogen and oxygen atoms in total. The molecule has 0 amide bonds. The van der Waals surface area contributed by atoms with Gasteiger partial charge in [0.2, 0.25) is 5.82 Å². The van der Waals surface area contributed by atoms with Crippen molar-refractivity contribution in [1.29, 1.82) is 0 Å². The highest BCUT2D eigenvalue weighted by atomic mass is 127. The highest BCUT2D eigenvalue weighted by Crippen LogP contribution is 2.35. The molecule has 0 N–H and O–H groups in total. The van der Waals surface area contributed by atoms with Crippen LogP contribution in [0.2, 0.25) is 0 Å². The molecule has 8 heteroatoms. The van der Waals surface area contributed by atoms with E-state index < -0.39 is 0 Å². The lowest BCUT2D eigenvalue weighted by Gasteiger charge is -2.14. The van der Waals surface area contributed by atoms with Crippen LogP contribution in [-0.4, -0.2) is 23.0 Å². The Labute approximate surface area is 260 Å². The van der Waals surface area contributed by atoms with E-state index in [1.807, 2.05) is 72.8 Å². The molecule has 0 spiro atoms. The fraction of sp³-hybridized carbons (Fsp3) is 0.0571. The number of benzene rings is 5. The summed E-state index contributed by atoms with van der Waals surface area (Å²) >= 11 is 2.23. The Balaban J connectivity index is 1.25. The minimum absolute atomic E-state index is 0.297. The van der Waals surface area contributed by atoms with Crippen molar-refractivity contribution in [3.05, 3.63) is 134 Å². The maximum atomic E-state index is 13.6. The van der Waals surface area contributed by atoms with E-state index in [-0.39, 0.29) is 5.56 Å². The number of para-hydroxylation sites is 2. The summed E-state index contributed by atoms with van der Waals surface area (Å²) in [5.74, 6) is 1.97. The number of halogens is 1. The van der Waals surface area contributed by atoms with Crippen molar-refractivity contribution in [3.8, 4) is 23.1 Å². The van der Waals surface area contributed by atoms with Crippen molar-refractivity contribution in [2.45, 2.75) is 6.61 Å². The molecule has 0 saturated heterocycles. The second kappa shape index (κ2) is 11.4. The summed E-state index contributed by atoms with van der Waals surface area (Å²) in [6.45, 7) is 0.389. The van der Waals surface area contributed by atoms with Crippen LogP contribution in [0.5, 0.6) is 11.5 Å². The van der Waals surface area contributed by atoms with E-state index in [0.29, 0.717) is 46.2 Å². The normalized spacial score (nSPS) is 11.6. The maximum absolute atomic E-state index is 13.6. The lowest BCUT2D eigenvalue weighted by atomic mass is 10.1. The van der Waals surface area contributed by atoms with E-state index >= 15 is 0 Å². The predicted molar refractivity (Wildman–Crippen MR) is 178 cm³/mol. The van der Waals surface area contributed by atoms with E-state index in [1.165, 1.54) is 4.68 Å². The number of ether oxygens (including phenoxy) is 2. The Kier molecular flexibility index (Phi) is 7.12. The first-order valence-electron chi connectivity index (χ1n) is 13.6. The third kappa shape index (κ3) is 5.14. The Morgan fingerprint density at radius 2 is 1.63 bits per heavy atom. The van der Waals surface area contributed by atoms with Crippen LogP contribution in [0.4, 0.5) is 0 Å². The zero-order valence-electron chi connectivity index (χ0n) is 23.0. The lowest BCUT2D eigenvalue weighted by Crippen LogP contribution is -2.20. The predicted octanol–water partition coefficient (Wildman–Crippen LogP) is 8.04. The van der Waals surface area contributed by atoms with Crippen LogP contribution in [-0.2, 0) is 6.61 Å². The van der Waals surface area contributed by atoms with Gasteiger partial charge in [-0.15, -0.1) is 0 Å². The van der Waals surface area contributed by atoms with Gasteiger partial charge in [0.1, 0.15) is 12.2 Å². The molecular weight excluding hydrogens is 653 g/mol. The monoisotopic (exact) mass is 677 g/mol. The lowest BCUT2D eigenvalue weighted by molar-refractivity contribution is 0.283. The van der Waals surface area contributed by atoms with Gasteiger partial charge >= 0.3 is 0 Å². The summed E-state index contributed by atoms with van der Waals surface area (Å²) < 4.78 is 20.2. The van der Waals surface area contributed by atoms with Gasteiger partial charge in [-0.2, -0.15) is 9.78 Å². The van der Waals surface area contributed by atoms with Gasteiger partial charge < -0.3 is 13.9 Å². The standard InChI is InChI=1S/C35H24IN3O4/c1-41-31-18-22(17-28(36)33(31)42-21-25-12-8-11-23-9-2-4-13-26(23)25)20-37-39-34(32-19-24-10-3-7-16-30(24)43-32)38-29-15-6-5-14-27(29)35(39)40/h2-20H,21H2,1H3. The molecule has 2 heterocycles. The van der Waals surface area contributed by atoms with Crippen LogP contribution in [0, 0.1) is 3.57 Å². The Hall–Kier alpha value is -4.96. The number of furan rings is 1. The number of aromatic nitrogens is 2. The Morgan fingerprint density at radius 1 is 0.884 bits per heavy atom. The molecule has 7 rings (SSSR count). The second-order valence-corrected chi connectivity index (χ2v) is 11.1. The number of rotatable bonds is 7. The summed E-state index contributed by atoms with van der Waals surface area (Å²) in [6.07, 6.45) is 1.61. The van der Waals surface area contributed by atoms with Crippen LogP contribution in [0.3, 0.4) is 0 Å². The molecule has 0 bridgehead atoms. The van der Waals surface area contributed by atoms with E-state index in [9.17, 15) is 4.79 Å². The van der Waals surface area contributed by atoms with Gasteiger partial charge in [-0.05, 0) is 80.9 Å². The number of hydrogen-bond donors (Lipinski definition) is 0. The number of hydrogen-bond acceptors (Lipinski definition) is 6. The molecule has 0 saturated carbocycles. The van der Waals surface area contributed by atoms with E-state index in [0.717, 1.165) is 30.9 Å². The summed E-state index contributed by atoms with van der Waals surface area (Å²) in [6, 6.07) is 35.0. The van der Waals surface area contributed by atoms with Crippen LogP contribution < -0.4 is 15.0 Å². The second-order valence-electron chi connectivity index (χ2n) is 9.92. The average molecular weight is 677 g/mol. The minimum Gasteiger partial charge on any atom is -0.493 e. The maximum Gasteiger partial charge on any atom is 0.282 e. The van der Waals surface area contributed by atoms with Crippen molar-refractivity contribution in [2.24, 2.45) is 5.10 Å². The van der Waals surface area contributed by atoms with Crippen LogP contribution in [0.15, 0.2) is 124 Å². The number of fused-ring (bicyclic) bond motifs is 3. The first-order valence-corrected chi connectivity index (χ1v) is 14.7. The Morgan fingerprint density at radius 3 is 2.47 bits per heavy atom. The molecule has 210 valence electrons. The van der Waals surface area contributed by atoms with Crippen LogP contribution in [0.1, 0.15) is 11.1 Å². The van der Waals surface area contributed by atoms with E-state index in [1.54, 1.807) is 25.5 Å². The Bertz CT molecular complexity index is 2200. The zero-order chi connectivity index (χ0) is 29.3. The van der Waals surface area contributed by atoms with Crippen LogP contribution in [0.25, 0.3) is 44.2 Å². The van der Waals surface area contributed by atoms with Gasteiger partial charge in [-0.1, -0.05) is 72.8 Å². The topological polar surface area (TPSA) is 78.9 Å². The molecule has 0 aliphatic carbocycles. The van der Waals surface area contributed by atoms with Crippen molar-refractivity contribution in [1.82, 2.24) is 9.66 Å². The van der Waals surface area contributed by atoms with Crippen LogP contribution >= 0.6 is 22.6 Å². The zero-order valence-corrected chi connectivity index (χ0v) is 25.2. The van der Waals surface area contributed by atoms with Gasteiger partial charge in [-0.25, -0.2) is 4.98 Å². The van der Waals surface area contributed by atoms with E-state index in [2.05, 4.69) is 52.0 Å². The SMILES string of the molecule is COc1cc(C=Nn2c(-c3cc4ccccc4o3)nc3ccccc3c2=O)cc(I)c1OCc1cccc2ccccc12. The van der Waals surface area contributed by atoms with Crippen molar-refractivity contribution in [3.63, 3.8) is 0 Å². The minimum atomic E-state index is -0.297. The van der Waals surface area contributed by atoms with E-state index in [4.69, 9.17) is 18.9 Å². The van der Waals surface area contributed by atoms with Gasteiger partial charge in [0.15, 0.2) is 17.3 Å². The van der Waals surface area contributed by atoms with Crippen molar-refractivity contribution >= 4 is 61.5 Å². The molecule has 0 unspecified atom stereocenters. The fourth-order valence-corrected chi connectivity index (χ4v) is 5.91. The molecule has 5 aromatic carbocycles. The smallest absolute Gasteiger partial charge is 0.282 e. The molecule has 7 aromatic rings. The average Bonchev–Trinajstić information content (AvgIpc) is 3.48. The van der Waals surface area contributed by atoms with Gasteiger partial charge in [-0.3, -0.25) is 4.79 Å². The van der Waals surface area contributed by atoms with Gasteiger partial charge in [0.05, 0.1) is 27.8 Å². The molecule has 0 aliphatic heterocycles. The van der Waals surface area contributed by atoms with Crippen molar-refractivity contribution in [2.75, 3.05) is 7.11 Å². The third-order valence-corrected chi connectivity index (χ3v) is 8.03. The van der Waals surface area contributed by atoms with Gasteiger partial charge in [0.25, 0.3) is 5.56 Å². The molecule has 43 heavy (non-hydrogen) atoms. The number of nitrogens with zero attached hydrogens (tertiary/aromatic N) is 3. The molecule has 0 radical (unpaired) electrons. The van der Waals surface area contributed by atoms with Crippen molar-refractivity contribution < 1.29 is 13.9 Å². The molecule has 0 fully saturated rings. The summed E-state index contributed by atoms with van der Waals surface area (Å²) in [5, 5.41) is 8.29. The number of methoxy groups -OCH3 is 1. The third-order valence-electron chi connectivity index (χ3n) is 7.23. The highest BCUT2D eigenvalue weighted by molar-refractivity contribution is 14.1. The highest BCUT2D eigenvalue weighted by Gasteiger charge is 2.17. The summed E-state index contributed by atoms with van der Waals surface area (Å²) in [5.41, 5.74) is 2.79. The first kappa shape index (κ1) is 26.9. The molecule has 0 aliphatic rings. The summed E-state index contributed by atoms with van der Waals surface area (Å²) in [7, 11) is 1.61. The summed E-state index contributed by atoms with van der Waals surface area (Å²) in [4.78, 5) is 18.4. The fourth-order valence-electron chi connectivity index (χ4n) is 5.13.